The Morgan fingerprint density at radius 3 is 2.68 bits per heavy atom. The second-order valence-electron chi connectivity index (χ2n) is 7.10. The number of piperazine rings is 1. The van der Waals surface area contributed by atoms with Crippen molar-refractivity contribution in [1.29, 1.82) is 0 Å². The van der Waals surface area contributed by atoms with E-state index in [2.05, 4.69) is 25.1 Å². The van der Waals surface area contributed by atoms with Crippen molar-refractivity contribution >= 4 is 11.7 Å². The minimum atomic E-state index is -0.0218. The quantitative estimate of drug-likeness (QED) is 0.681. The first-order chi connectivity index (χ1) is 13.8. The largest absolute Gasteiger partial charge is 0.360 e. The summed E-state index contributed by atoms with van der Waals surface area (Å²) in [7, 11) is 0. The molecule has 9 heteroatoms. The molecule has 3 aromatic heterocycles. The van der Waals surface area contributed by atoms with Crippen molar-refractivity contribution in [1.82, 2.24) is 29.8 Å². The van der Waals surface area contributed by atoms with Crippen molar-refractivity contribution in [3.63, 3.8) is 0 Å². The van der Waals surface area contributed by atoms with E-state index < -0.39 is 0 Å². The molecule has 1 aliphatic carbocycles. The summed E-state index contributed by atoms with van der Waals surface area (Å²) >= 11 is 0. The van der Waals surface area contributed by atoms with Crippen LogP contribution in [0.15, 0.2) is 35.4 Å². The van der Waals surface area contributed by atoms with Crippen LogP contribution in [0.1, 0.15) is 34.7 Å². The van der Waals surface area contributed by atoms with Crippen LogP contribution in [-0.4, -0.2) is 61.9 Å². The van der Waals surface area contributed by atoms with E-state index in [4.69, 9.17) is 4.52 Å². The Kier molecular flexibility index (Phi) is 4.27. The second kappa shape index (κ2) is 7.06. The van der Waals surface area contributed by atoms with Crippen LogP contribution >= 0.6 is 0 Å². The standard InChI is InChI=1S/C19H21N7O2/c27-19(18-14-4-1-2-5-15(14)28-23-18)25-10-8-24(9-11-25)16-12-17(21-13-20-16)26-7-3-6-22-26/h3,6-7,12-13H,1-2,4-5,8-11H2. The third kappa shape index (κ3) is 3.02. The number of carbonyl (C=O) groups excluding carboxylic acids is 1. The predicted molar refractivity (Wildman–Crippen MR) is 100 cm³/mol. The van der Waals surface area contributed by atoms with Crippen LogP contribution in [0.5, 0.6) is 0 Å². The fraction of sp³-hybridized carbons (Fsp3) is 0.421. The molecule has 0 atom stereocenters. The Hall–Kier alpha value is -3.23. The maximum atomic E-state index is 12.9. The molecule has 0 spiro atoms. The molecule has 9 nitrogen and oxygen atoms in total. The van der Waals surface area contributed by atoms with Gasteiger partial charge in [-0.1, -0.05) is 5.16 Å². The smallest absolute Gasteiger partial charge is 0.276 e. The number of aryl methyl sites for hydroxylation is 1. The summed E-state index contributed by atoms with van der Waals surface area (Å²) in [5, 5.41) is 8.29. The third-order valence-corrected chi connectivity index (χ3v) is 5.42. The van der Waals surface area contributed by atoms with E-state index in [0.29, 0.717) is 31.9 Å². The highest BCUT2D eigenvalue weighted by molar-refractivity contribution is 5.94. The molecule has 0 saturated carbocycles. The highest BCUT2D eigenvalue weighted by Gasteiger charge is 2.29. The molecule has 1 amide bonds. The summed E-state index contributed by atoms with van der Waals surface area (Å²) in [6.45, 7) is 2.67. The molecular weight excluding hydrogens is 358 g/mol. The van der Waals surface area contributed by atoms with E-state index >= 15 is 0 Å². The van der Waals surface area contributed by atoms with Crippen molar-refractivity contribution in [2.24, 2.45) is 0 Å². The highest BCUT2D eigenvalue weighted by Crippen LogP contribution is 2.25. The second-order valence-corrected chi connectivity index (χ2v) is 7.10. The molecular formula is C19H21N7O2. The van der Waals surface area contributed by atoms with Crippen molar-refractivity contribution in [2.45, 2.75) is 25.7 Å². The van der Waals surface area contributed by atoms with E-state index in [0.717, 1.165) is 48.6 Å². The maximum Gasteiger partial charge on any atom is 0.276 e. The molecule has 0 radical (unpaired) electrons. The number of rotatable bonds is 3. The molecule has 4 heterocycles. The van der Waals surface area contributed by atoms with E-state index in [1.165, 1.54) is 0 Å². The van der Waals surface area contributed by atoms with Crippen LogP contribution < -0.4 is 4.90 Å². The Bertz CT molecular complexity index is 974. The normalized spacial score (nSPS) is 16.9. The van der Waals surface area contributed by atoms with Crippen LogP contribution in [-0.2, 0) is 12.8 Å². The van der Waals surface area contributed by atoms with E-state index in [9.17, 15) is 4.79 Å². The molecule has 144 valence electrons. The molecule has 0 N–H and O–H groups in total. The van der Waals surface area contributed by atoms with Gasteiger partial charge in [0.1, 0.15) is 17.9 Å². The van der Waals surface area contributed by atoms with Crippen molar-refractivity contribution in [3.05, 3.63) is 47.9 Å². The Labute approximate surface area is 162 Å². The SMILES string of the molecule is O=C(c1noc2c1CCCC2)N1CCN(c2cc(-n3cccn3)ncn2)CC1. The van der Waals surface area contributed by atoms with Crippen molar-refractivity contribution in [2.75, 3.05) is 31.1 Å². The van der Waals surface area contributed by atoms with Crippen molar-refractivity contribution < 1.29 is 9.32 Å². The van der Waals surface area contributed by atoms with Gasteiger partial charge in [0, 0.05) is 56.6 Å². The van der Waals surface area contributed by atoms with Crippen molar-refractivity contribution in [3.8, 4) is 5.82 Å². The summed E-state index contributed by atoms with van der Waals surface area (Å²) < 4.78 is 7.11. The van der Waals surface area contributed by atoms with Gasteiger partial charge in [0.15, 0.2) is 11.5 Å². The molecule has 3 aromatic rings. The molecule has 1 aliphatic heterocycles. The number of amides is 1. The number of anilines is 1. The third-order valence-electron chi connectivity index (χ3n) is 5.42. The van der Waals surface area contributed by atoms with Crippen LogP contribution in [0.2, 0.25) is 0 Å². The van der Waals surface area contributed by atoms with Gasteiger partial charge in [-0.3, -0.25) is 4.79 Å². The van der Waals surface area contributed by atoms with Crippen LogP contribution in [0, 0.1) is 0 Å². The Balaban J connectivity index is 1.27. The van der Waals surface area contributed by atoms with Crippen LogP contribution in [0.25, 0.3) is 5.82 Å². The average molecular weight is 379 g/mol. The Morgan fingerprint density at radius 1 is 1.04 bits per heavy atom. The van der Waals surface area contributed by atoms with Gasteiger partial charge in [0.05, 0.1) is 0 Å². The lowest BCUT2D eigenvalue weighted by Crippen LogP contribution is -2.49. The summed E-state index contributed by atoms with van der Waals surface area (Å²) in [5.41, 5.74) is 1.52. The zero-order chi connectivity index (χ0) is 18.9. The van der Waals surface area contributed by atoms with Crippen LogP contribution in [0.3, 0.4) is 0 Å². The fourth-order valence-electron chi connectivity index (χ4n) is 3.88. The first-order valence-electron chi connectivity index (χ1n) is 9.63. The highest BCUT2D eigenvalue weighted by atomic mass is 16.5. The lowest BCUT2D eigenvalue weighted by Gasteiger charge is -2.35. The van der Waals surface area contributed by atoms with Gasteiger partial charge in [-0.05, 0) is 25.3 Å². The Morgan fingerprint density at radius 2 is 1.86 bits per heavy atom. The first-order valence-corrected chi connectivity index (χ1v) is 9.63. The summed E-state index contributed by atoms with van der Waals surface area (Å²) in [4.78, 5) is 25.6. The maximum absolute atomic E-state index is 12.9. The number of aromatic nitrogens is 5. The fourth-order valence-corrected chi connectivity index (χ4v) is 3.88. The van der Waals surface area contributed by atoms with Gasteiger partial charge in [-0.25, -0.2) is 14.6 Å². The molecule has 0 aromatic carbocycles. The number of hydrogen-bond donors (Lipinski definition) is 0. The molecule has 2 aliphatic rings. The van der Waals surface area contributed by atoms with E-state index in [1.54, 1.807) is 17.2 Å². The lowest BCUT2D eigenvalue weighted by atomic mass is 9.96. The first kappa shape index (κ1) is 16.9. The summed E-state index contributed by atoms with van der Waals surface area (Å²) in [6, 6.07) is 3.77. The number of fused-ring (bicyclic) bond motifs is 1. The van der Waals surface area contributed by atoms with Gasteiger partial charge in [-0.2, -0.15) is 5.10 Å². The topological polar surface area (TPSA) is 93.2 Å². The average Bonchev–Trinajstić information content (AvgIpc) is 3.44. The minimum absolute atomic E-state index is 0.0218. The predicted octanol–water partition coefficient (Wildman–Crippen LogP) is 1.49. The number of nitrogens with zero attached hydrogens (tertiary/aromatic N) is 7. The van der Waals surface area contributed by atoms with Gasteiger partial charge in [0.2, 0.25) is 0 Å². The monoisotopic (exact) mass is 379 g/mol. The summed E-state index contributed by atoms with van der Waals surface area (Å²) in [5.74, 6) is 2.43. The number of hydrogen-bond acceptors (Lipinski definition) is 7. The summed E-state index contributed by atoms with van der Waals surface area (Å²) in [6.07, 6.45) is 9.08. The van der Waals surface area contributed by atoms with Gasteiger partial charge in [0.25, 0.3) is 5.91 Å². The molecule has 28 heavy (non-hydrogen) atoms. The molecule has 1 saturated heterocycles. The minimum Gasteiger partial charge on any atom is -0.360 e. The van der Waals surface area contributed by atoms with E-state index in [-0.39, 0.29) is 5.91 Å². The zero-order valence-electron chi connectivity index (χ0n) is 15.5. The van der Waals surface area contributed by atoms with Crippen LogP contribution in [0.4, 0.5) is 5.82 Å². The van der Waals surface area contributed by atoms with Gasteiger partial charge < -0.3 is 14.3 Å². The molecule has 5 rings (SSSR count). The zero-order valence-corrected chi connectivity index (χ0v) is 15.5. The van der Waals surface area contributed by atoms with Gasteiger partial charge >= 0.3 is 0 Å². The van der Waals surface area contributed by atoms with Gasteiger partial charge in [-0.15, -0.1) is 0 Å². The molecule has 1 fully saturated rings. The lowest BCUT2D eigenvalue weighted by molar-refractivity contribution is 0.0735. The van der Waals surface area contributed by atoms with E-state index in [1.807, 2.05) is 23.2 Å². The molecule has 0 unspecified atom stereocenters. The number of carbonyl (C=O) groups is 1. The molecule has 0 bridgehead atoms.